The van der Waals surface area contributed by atoms with Crippen molar-refractivity contribution in [2.45, 2.75) is 18.9 Å². The molecule has 0 saturated carbocycles. The molecule has 1 N–H and O–H groups in total. The van der Waals surface area contributed by atoms with E-state index in [9.17, 15) is 9.59 Å². The largest absolute Gasteiger partial charge is 0.449 e. The summed E-state index contributed by atoms with van der Waals surface area (Å²) in [6, 6.07) is 15.5. The first kappa shape index (κ1) is 17.9. The Morgan fingerprint density at radius 2 is 1.62 bits per heavy atom. The fourth-order valence-corrected chi connectivity index (χ4v) is 3.24. The molecule has 6 nitrogen and oxygen atoms in total. The number of amides is 2. The molecule has 1 aliphatic carbocycles. The minimum atomic E-state index is -0.740. The maximum Gasteiger partial charge on any atom is 0.407 e. The Kier molecular flexibility index (Phi) is 5.23. The van der Waals surface area contributed by atoms with Crippen LogP contribution in [-0.4, -0.2) is 43.9 Å². The van der Waals surface area contributed by atoms with E-state index in [0.29, 0.717) is 0 Å². The van der Waals surface area contributed by atoms with Crippen molar-refractivity contribution < 1.29 is 19.2 Å². The predicted octanol–water partition coefficient (Wildman–Crippen LogP) is 2.93. The van der Waals surface area contributed by atoms with Gasteiger partial charge in [-0.3, -0.25) is 9.63 Å². The van der Waals surface area contributed by atoms with Crippen LogP contribution in [0.25, 0.3) is 11.1 Å². The van der Waals surface area contributed by atoms with Gasteiger partial charge in [0.25, 0.3) is 5.91 Å². The number of likely N-dealkylation sites (N-methyl/N-ethyl adjacent to an activating group) is 1. The normalized spacial score (nSPS) is 13.5. The van der Waals surface area contributed by atoms with Gasteiger partial charge in [-0.2, -0.15) is 0 Å². The third-order valence-corrected chi connectivity index (χ3v) is 4.63. The van der Waals surface area contributed by atoms with Crippen molar-refractivity contribution in [3.05, 3.63) is 59.7 Å². The molecule has 0 heterocycles. The highest BCUT2D eigenvalue weighted by Crippen LogP contribution is 2.44. The molecule has 0 bridgehead atoms. The van der Waals surface area contributed by atoms with Crippen molar-refractivity contribution in [3.63, 3.8) is 0 Å². The Balaban J connectivity index is 1.67. The fraction of sp³-hybridized carbons (Fsp3) is 0.300. The molecule has 6 heteroatoms. The maximum atomic E-state index is 12.1. The molecule has 0 saturated heterocycles. The van der Waals surface area contributed by atoms with Crippen LogP contribution in [0.15, 0.2) is 48.5 Å². The Bertz CT molecular complexity index is 775. The van der Waals surface area contributed by atoms with Crippen molar-refractivity contribution in [3.8, 4) is 11.1 Å². The van der Waals surface area contributed by atoms with Crippen LogP contribution >= 0.6 is 0 Å². The molecule has 2 amide bonds. The molecule has 26 heavy (non-hydrogen) atoms. The van der Waals surface area contributed by atoms with Gasteiger partial charge < -0.3 is 10.1 Å². The molecule has 3 rings (SSSR count). The van der Waals surface area contributed by atoms with Crippen LogP contribution in [0, 0.1) is 0 Å². The monoisotopic (exact) mass is 354 g/mol. The second-order valence-corrected chi connectivity index (χ2v) is 6.21. The summed E-state index contributed by atoms with van der Waals surface area (Å²) < 4.78 is 5.41. The third kappa shape index (κ3) is 3.41. The average Bonchev–Trinajstić information content (AvgIpc) is 2.99. The first-order valence-corrected chi connectivity index (χ1v) is 8.46. The zero-order chi connectivity index (χ0) is 18.7. The molecule has 0 unspecified atom stereocenters. The standard InChI is InChI=1S/C20H22N2O4/c1-13(19(23)22(2)25-3)21-20(24)26-12-18-16-10-6-4-8-14(16)15-9-5-7-11-17(15)18/h4-11,13,18H,12H2,1-3H3,(H,21,24)/t13-/m0/s1. The van der Waals surface area contributed by atoms with Crippen molar-refractivity contribution in [1.29, 1.82) is 0 Å². The van der Waals surface area contributed by atoms with E-state index in [1.807, 2.05) is 24.3 Å². The molecular formula is C20H22N2O4. The molecule has 136 valence electrons. The van der Waals surface area contributed by atoms with Crippen LogP contribution in [0.4, 0.5) is 4.79 Å². The predicted molar refractivity (Wildman–Crippen MR) is 97.4 cm³/mol. The number of fused-ring (bicyclic) bond motifs is 3. The second-order valence-electron chi connectivity index (χ2n) is 6.21. The summed E-state index contributed by atoms with van der Waals surface area (Å²) in [5.74, 6) is -0.373. The number of hydrogen-bond donors (Lipinski definition) is 1. The molecule has 2 aromatic carbocycles. The Labute approximate surface area is 152 Å². The third-order valence-electron chi connectivity index (χ3n) is 4.63. The van der Waals surface area contributed by atoms with E-state index in [1.165, 1.54) is 25.3 Å². The quantitative estimate of drug-likeness (QED) is 0.839. The summed E-state index contributed by atoms with van der Waals surface area (Å²) >= 11 is 0. The molecule has 1 aliphatic rings. The van der Waals surface area contributed by atoms with Crippen molar-refractivity contribution in [1.82, 2.24) is 10.4 Å². The van der Waals surface area contributed by atoms with Crippen LogP contribution in [0.1, 0.15) is 24.0 Å². The second kappa shape index (κ2) is 7.58. The number of nitrogens with one attached hydrogen (secondary N) is 1. The number of ether oxygens (including phenoxy) is 1. The lowest BCUT2D eigenvalue weighted by Crippen LogP contribution is -2.45. The Hall–Kier alpha value is -2.86. The lowest BCUT2D eigenvalue weighted by molar-refractivity contribution is -0.170. The van der Waals surface area contributed by atoms with Crippen LogP contribution in [0.2, 0.25) is 0 Å². The van der Waals surface area contributed by atoms with E-state index in [0.717, 1.165) is 16.2 Å². The summed E-state index contributed by atoms with van der Waals surface area (Å²) in [6.07, 6.45) is -0.628. The number of carbonyl (C=O) groups is 2. The van der Waals surface area contributed by atoms with Gasteiger partial charge in [-0.15, -0.1) is 0 Å². The topological polar surface area (TPSA) is 67.9 Å². The minimum absolute atomic E-state index is 0.0131. The Morgan fingerprint density at radius 1 is 1.08 bits per heavy atom. The van der Waals surface area contributed by atoms with Gasteiger partial charge in [0.05, 0.1) is 7.11 Å². The SMILES string of the molecule is CON(C)C(=O)[C@H](C)NC(=O)OCC1c2ccccc2-c2ccccc21. The van der Waals surface area contributed by atoms with E-state index in [4.69, 9.17) is 9.57 Å². The first-order valence-electron chi connectivity index (χ1n) is 8.46. The number of hydrogen-bond acceptors (Lipinski definition) is 4. The van der Waals surface area contributed by atoms with Gasteiger partial charge in [0.2, 0.25) is 0 Å². The van der Waals surface area contributed by atoms with Crippen molar-refractivity contribution >= 4 is 12.0 Å². The van der Waals surface area contributed by atoms with E-state index in [-0.39, 0.29) is 18.4 Å². The number of nitrogens with zero attached hydrogens (tertiary/aromatic N) is 1. The molecule has 0 spiro atoms. The highest BCUT2D eigenvalue weighted by Gasteiger charge is 2.29. The van der Waals surface area contributed by atoms with E-state index < -0.39 is 12.1 Å². The van der Waals surface area contributed by atoms with Gasteiger partial charge >= 0.3 is 6.09 Å². The lowest BCUT2D eigenvalue weighted by Gasteiger charge is -2.20. The van der Waals surface area contributed by atoms with Crippen LogP contribution in [-0.2, 0) is 14.4 Å². The average molecular weight is 354 g/mol. The Morgan fingerprint density at radius 3 is 2.15 bits per heavy atom. The maximum absolute atomic E-state index is 12.1. The summed E-state index contributed by atoms with van der Waals surface area (Å²) in [6.45, 7) is 1.79. The number of benzene rings is 2. The molecular weight excluding hydrogens is 332 g/mol. The minimum Gasteiger partial charge on any atom is -0.449 e. The number of rotatable bonds is 5. The van der Waals surface area contributed by atoms with Gasteiger partial charge in [0.15, 0.2) is 0 Å². The van der Waals surface area contributed by atoms with Gasteiger partial charge in [-0.1, -0.05) is 48.5 Å². The van der Waals surface area contributed by atoms with Crippen LogP contribution in [0.3, 0.4) is 0 Å². The van der Waals surface area contributed by atoms with Gasteiger partial charge in [0, 0.05) is 13.0 Å². The van der Waals surface area contributed by atoms with E-state index in [1.54, 1.807) is 6.92 Å². The molecule has 1 atom stereocenters. The summed E-state index contributed by atoms with van der Waals surface area (Å²) in [5, 5.41) is 3.60. The smallest absolute Gasteiger partial charge is 0.407 e. The van der Waals surface area contributed by atoms with Gasteiger partial charge in [-0.05, 0) is 29.2 Å². The fourth-order valence-electron chi connectivity index (χ4n) is 3.24. The molecule has 0 aromatic heterocycles. The molecule has 0 aliphatic heterocycles. The first-order chi connectivity index (χ1) is 12.5. The van der Waals surface area contributed by atoms with E-state index >= 15 is 0 Å². The number of alkyl carbamates (subject to hydrolysis) is 1. The zero-order valence-electron chi connectivity index (χ0n) is 15.1. The van der Waals surface area contributed by atoms with Crippen molar-refractivity contribution in [2.75, 3.05) is 20.8 Å². The van der Waals surface area contributed by atoms with Crippen LogP contribution < -0.4 is 5.32 Å². The molecule has 0 radical (unpaired) electrons. The summed E-state index contributed by atoms with van der Waals surface area (Å²) in [7, 11) is 2.87. The number of carbonyl (C=O) groups excluding carboxylic acids is 2. The van der Waals surface area contributed by atoms with Gasteiger partial charge in [-0.25, -0.2) is 9.86 Å². The van der Waals surface area contributed by atoms with Crippen molar-refractivity contribution in [2.24, 2.45) is 0 Å². The van der Waals surface area contributed by atoms with Crippen LogP contribution in [0.5, 0.6) is 0 Å². The summed E-state index contributed by atoms with van der Waals surface area (Å²) in [5.41, 5.74) is 4.62. The van der Waals surface area contributed by atoms with E-state index in [2.05, 4.69) is 29.6 Å². The highest BCUT2D eigenvalue weighted by molar-refractivity contribution is 5.84. The highest BCUT2D eigenvalue weighted by atomic mass is 16.7. The lowest BCUT2D eigenvalue weighted by atomic mass is 9.98. The molecule has 0 fully saturated rings. The van der Waals surface area contributed by atoms with Gasteiger partial charge in [0.1, 0.15) is 12.6 Å². The zero-order valence-corrected chi connectivity index (χ0v) is 15.1. The number of hydroxylamine groups is 2. The molecule has 2 aromatic rings. The summed E-state index contributed by atoms with van der Waals surface area (Å²) in [4.78, 5) is 28.9.